The summed E-state index contributed by atoms with van der Waals surface area (Å²) >= 11 is 0. The van der Waals surface area contributed by atoms with Crippen molar-refractivity contribution in [1.82, 2.24) is 10.3 Å². The fraction of sp³-hybridized carbons (Fsp3) is 0.357. The first kappa shape index (κ1) is 11.3. The summed E-state index contributed by atoms with van der Waals surface area (Å²) < 4.78 is 5.47. The third-order valence-electron chi connectivity index (χ3n) is 3.39. The van der Waals surface area contributed by atoms with Crippen LogP contribution in [0.1, 0.15) is 35.9 Å². The van der Waals surface area contributed by atoms with Gasteiger partial charge < -0.3 is 14.8 Å². The molecule has 2 aromatic rings. The van der Waals surface area contributed by atoms with Crippen molar-refractivity contribution < 1.29 is 9.52 Å². The van der Waals surface area contributed by atoms with E-state index < -0.39 is 0 Å². The van der Waals surface area contributed by atoms with E-state index in [4.69, 9.17) is 4.42 Å². The number of aromatic hydroxyl groups is 1. The topological polar surface area (TPSA) is 58.3 Å². The summed E-state index contributed by atoms with van der Waals surface area (Å²) in [5, 5.41) is 12.7. The average Bonchev–Trinajstić information content (AvgIpc) is 2.87. The van der Waals surface area contributed by atoms with Crippen LogP contribution in [0.5, 0.6) is 5.75 Å². The van der Waals surface area contributed by atoms with Gasteiger partial charge in [-0.05, 0) is 31.0 Å². The highest BCUT2D eigenvalue weighted by atomic mass is 16.3. The molecule has 0 saturated heterocycles. The van der Waals surface area contributed by atoms with Crippen molar-refractivity contribution in [3.05, 3.63) is 47.7 Å². The molecule has 94 valence electrons. The molecular formula is C14H16N2O2. The number of rotatable bonds is 3. The molecule has 0 aromatic carbocycles. The highest BCUT2D eigenvalue weighted by molar-refractivity contribution is 5.24. The Kier molecular flexibility index (Phi) is 3.02. The third-order valence-corrected chi connectivity index (χ3v) is 3.39. The first-order valence-corrected chi connectivity index (χ1v) is 6.26. The smallest absolute Gasteiger partial charge is 0.133 e. The molecule has 2 aromatic heterocycles. The van der Waals surface area contributed by atoms with E-state index in [2.05, 4.69) is 16.4 Å². The maximum absolute atomic E-state index is 9.18. The highest BCUT2D eigenvalue weighted by Gasteiger charge is 2.21. The molecule has 3 rings (SSSR count). The molecule has 4 heteroatoms. The van der Waals surface area contributed by atoms with Crippen LogP contribution in [0.3, 0.4) is 0 Å². The molecule has 0 spiro atoms. The van der Waals surface area contributed by atoms with Crippen LogP contribution in [-0.2, 0) is 13.0 Å². The summed E-state index contributed by atoms with van der Waals surface area (Å²) in [6.07, 6.45) is 6.56. The lowest BCUT2D eigenvalue weighted by Crippen LogP contribution is -2.24. The largest absolute Gasteiger partial charge is 0.506 e. The molecule has 0 bridgehead atoms. The number of furan rings is 1. The Morgan fingerprint density at radius 3 is 3.17 bits per heavy atom. The zero-order valence-corrected chi connectivity index (χ0v) is 10.1. The Bertz CT molecular complexity index is 519. The maximum Gasteiger partial charge on any atom is 0.133 e. The van der Waals surface area contributed by atoms with Crippen LogP contribution in [0.4, 0.5) is 0 Å². The number of aromatic nitrogens is 1. The van der Waals surface area contributed by atoms with Gasteiger partial charge in [0.15, 0.2) is 0 Å². The average molecular weight is 244 g/mol. The van der Waals surface area contributed by atoms with Crippen LogP contribution in [-0.4, -0.2) is 10.1 Å². The van der Waals surface area contributed by atoms with Crippen LogP contribution in [0.25, 0.3) is 0 Å². The maximum atomic E-state index is 9.18. The molecule has 0 amide bonds. The molecule has 1 aliphatic rings. The van der Waals surface area contributed by atoms with E-state index in [1.807, 2.05) is 6.07 Å². The number of pyridine rings is 1. The summed E-state index contributed by atoms with van der Waals surface area (Å²) in [5.74, 6) is 1.31. The number of hydrogen-bond donors (Lipinski definition) is 2. The second kappa shape index (κ2) is 4.82. The Balaban J connectivity index is 1.66. The SMILES string of the molecule is Oc1ccc(CNC2CCCc3occc32)nc1. The van der Waals surface area contributed by atoms with E-state index in [1.54, 1.807) is 12.3 Å². The van der Waals surface area contributed by atoms with Gasteiger partial charge in [-0.3, -0.25) is 4.98 Å². The predicted octanol–water partition coefficient (Wildman–Crippen LogP) is 2.55. The van der Waals surface area contributed by atoms with E-state index >= 15 is 0 Å². The molecule has 0 aliphatic heterocycles. The van der Waals surface area contributed by atoms with E-state index in [0.29, 0.717) is 12.6 Å². The van der Waals surface area contributed by atoms with Gasteiger partial charge in [0, 0.05) is 24.6 Å². The summed E-state index contributed by atoms with van der Waals surface area (Å²) in [7, 11) is 0. The Morgan fingerprint density at radius 2 is 2.33 bits per heavy atom. The normalized spacial score (nSPS) is 18.6. The second-order valence-corrected chi connectivity index (χ2v) is 4.63. The Hall–Kier alpha value is -1.81. The quantitative estimate of drug-likeness (QED) is 0.871. The van der Waals surface area contributed by atoms with Gasteiger partial charge in [-0.1, -0.05) is 0 Å². The standard InChI is InChI=1S/C14H16N2O2/c17-11-5-4-10(15-9-11)8-16-13-2-1-3-14-12(13)6-7-18-14/h4-7,9,13,16-17H,1-3,8H2. The van der Waals surface area contributed by atoms with Gasteiger partial charge in [0.05, 0.1) is 18.2 Å². The Morgan fingerprint density at radius 1 is 1.39 bits per heavy atom. The van der Waals surface area contributed by atoms with Crippen LogP contribution in [0.15, 0.2) is 35.1 Å². The number of aryl methyl sites for hydroxylation is 1. The summed E-state index contributed by atoms with van der Waals surface area (Å²) in [6, 6.07) is 5.90. The lowest BCUT2D eigenvalue weighted by Gasteiger charge is -2.22. The molecule has 4 nitrogen and oxygen atoms in total. The first-order valence-electron chi connectivity index (χ1n) is 6.26. The Labute approximate surface area is 106 Å². The van der Waals surface area contributed by atoms with Gasteiger partial charge in [-0.15, -0.1) is 0 Å². The summed E-state index contributed by atoms with van der Waals surface area (Å²) in [5.41, 5.74) is 2.21. The lowest BCUT2D eigenvalue weighted by atomic mass is 9.93. The van der Waals surface area contributed by atoms with Crippen molar-refractivity contribution >= 4 is 0 Å². The van der Waals surface area contributed by atoms with Crippen LogP contribution >= 0.6 is 0 Å². The van der Waals surface area contributed by atoms with Gasteiger partial charge in [0.1, 0.15) is 11.5 Å². The first-order chi connectivity index (χ1) is 8.83. The monoisotopic (exact) mass is 244 g/mol. The number of nitrogens with zero attached hydrogens (tertiary/aromatic N) is 1. The van der Waals surface area contributed by atoms with Crippen molar-refractivity contribution in [1.29, 1.82) is 0 Å². The van der Waals surface area contributed by atoms with E-state index in [0.717, 1.165) is 30.7 Å². The van der Waals surface area contributed by atoms with Gasteiger partial charge in [0.25, 0.3) is 0 Å². The van der Waals surface area contributed by atoms with Crippen molar-refractivity contribution in [3.8, 4) is 5.75 Å². The zero-order chi connectivity index (χ0) is 12.4. The number of fused-ring (bicyclic) bond motifs is 1. The second-order valence-electron chi connectivity index (χ2n) is 4.63. The fourth-order valence-electron chi connectivity index (χ4n) is 2.45. The molecule has 2 heterocycles. The van der Waals surface area contributed by atoms with Gasteiger partial charge in [0.2, 0.25) is 0 Å². The lowest BCUT2D eigenvalue weighted by molar-refractivity contribution is 0.409. The van der Waals surface area contributed by atoms with Crippen molar-refractivity contribution in [2.45, 2.75) is 31.8 Å². The summed E-state index contributed by atoms with van der Waals surface area (Å²) in [4.78, 5) is 4.17. The fourth-order valence-corrected chi connectivity index (χ4v) is 2.45. The molecule has 0 fully saturated rings. The van der Waals surface area contributed by atoms with Crippen molar-refractivity contribution in [2.75, 3.05) is 0 Å². The highest BCUT2D eigenvalue weighted by Crippen LogP contribution is 2.30. The van der Waals surface area contributed by atoms with Crippen LogP contribution in [0.2, 0.25) is 0 Å². The predicted molar refractivity (Wildman–Crippen MR) is 67.1 cm³/mol. The number of hydrogen-bond acceptors (Lipinski definition) is 4. The number of nitrogens with one attached hydrogen (secondary N) is 1. The third kappa shape index (κ3) is 2.24. The van der Waals surface area contributed by atoms with E-state index in [1.165, 1.54) is 11.8 Å². The van der Waals surface area contributed by atoms with Crippen LogP contribution in [0, 0.1) is 0 Å². The summed E-state index contributed by atoms with van der Waals surface area (Å²) in [6.45, 7) is 0.704. The molecule has 2 N–H and O–H groups in total. The van der Waals surface area contributed by atoms with Crippen molar-refractivity contribution in [3.63, 3.8) is 0 Å². The van der Waals surface area contributed by atoms with Gasteiger partial charge in [-0.25, -0.2) is 0 Å². The van der Waals surface area contributed by atoms with Crippen molar-refractivity contribution in [2.24, 2.45) is 0 Å². The molecule has 18 heavy (non-hydrogen) atoms. The molecule has 0 saturated carbocycles. The molecule has 1 aliphatic carbocycles. The van der Waals surface area contributed by atoms with E-state index in [-0.39, 0.29) is 5.75 Å². The molecule has 1 unspecified atom stereocenters. The minimum Gasteiger partial charge on any atom is -0.506 e. The van der Waals surface area contributed by atoms with Gasteiger partial charge >= 0.3 is 0 Å². The van der Waals surface area contributed by atoms with E-state index in [9.17, 15) is 5.11 Å². The molecule has 0 radical (unpaired) electrons. The van der Waals surface area contributed by atoms with Crippen LogP contribution < -0.4 is 5.32 Å². The minimum absolute atomic E-state index is 0.202. The van der Waals surface area contributed by atoms with Gasteiger partial charge in [-0.2, -0.15) is 0 Å². The molecular weight excluding hydrogens is 228 g/mol. The minimum atomic E-state index is 0.202. The zero-order valence-electron chi connectivity index (χ0n) is 10.1. The molecule has 1 atom stereocenters.